The molecule has 2 amide bonds. The van der Waals surface area contributed by atoms with Crippen molar-refractivity contribution in [2.24, 2.45) is 0 Å². The Balaban J connectivity index is 1.27. The summed E-state index contributed by atoms with van der Waals surface area (Å²) in [7, 11) is 1.66. The minimum absolute atomic E-state index is 0.0206. The number of piperazine rings is 1. The number of hydrogen-bond donors (Lipinski definition) is 1. The van der Waals surface area contributed by atoms with Crippen LogP contribution >= 0.6 is 0 Å². The maximum atomic E-state index is 13.1. The summed E-state index contributed by atoms with van der Waals surface area (Å²) in [6.45, 7) is 3.81. The molecule has 7 nitrogen and oxygen atoms in total. The van der Waals surface area contributed by atoms with E-state index < -0.39 is 0 Å². The molecule has 3 aliphatic rings. The van der Waals surface area contributed by atoms with E-state index in [9.17, 15) is 9.59 Å². The van der Waals surface area contributed by atoms with Crippen LogP contribution in [0.3, 0.4) is 0 Å². The molecule has 2 aromatic carbocycles. The van der Waals surface area contributed by atoms with Crippen molar-refractivity contribution >= 4 is 28.9 Å². The molecule has 0 aliphatic carbocycles. The number of methoxy groups -OCH3 is 1. The van der Waals surface area contributed by atoms with Crippen LogP contribution in [0.15, 0.2) is 42.5 Å². The number of carbonyl (C=O) groups is 2. The normalized spacial score (nSPS) is 20.6. The largest absolute Gasteiger partial charge is 0.497 e. The Morgan fingerprint density at radius 2 is 1.77 bits per heavy atom. The number of nitrogens with zero attached hydrogens (tertiary/aromatic N) is 3. The highest BCUT2D eigenvalue weighted by molar-refractivity contribution is 6.05. The molecule has 1 N–H and O–H groups in total. The fourth-order valence-corrected chi connectivity index (χ4v) is 4.87. The highest BCUT2D eigenvalue weighted by atomic mass is 16.5. The second kappa shape index (κ2) is 8.13. The van der Waals surface area contributed by atoms with Gasteiger partial charge in [0.1, 0.15) is 11.8 Å². The van der Waals surface area contributed by atoms with Gasteiger partial charge in [-0.2, -0.15) is 0 Å². The highest BCUT2D eigenvalue weighted by Gasteiger charge is 2.35. The van der Waals surface area contributed by atoms with Crippen LogP contribution in [-0.4, -0.2) is 62.6 Å². The monoisotopic (exact) mass is 420 g/mol. The number of hydrogen-bond acceptors (Lipinski definition) is 5. The van der Waals surface area contributed by atoms with E-state index in [0.29, 0.717) is 18.7 Å². The third-order valence-corrected chi connectivity index (χ3v) is 6.62. The molecule has 2 fully saturated rings. The van der Waals surface area contributed by atoms with Crippen LogP contribution in [0.25, 0.3) is 0 Å². The number of nitrogens with one attached hydrogen (secondary N) is 1. The first-order chi connectivity index (χ1) is 15.1. The van der Waals surface area contributed by atoms with E-state index in [1.807, 2.05) is 35.2 Å². The Bertz CT molecular complexity index is 983. The summed E-state index contributed by atoms with van der Waals surface area (Å²) < 4.78 is 5.23. The SMILES string of the molecule is COc1ccc(N2CCN(C(=O)c3ccc4c(c3)NC(=O)C3CCCCN43)CC2)cc1. The predicted molar refractivity (Wildman–Crippen MR) is 121 cm³/mol. The summed E-state index contributed by atoms with van der Waals surface area (Å²) in [5.74, 6) is 0.907. The van der Waals surface area contributed by atoms with Crippen molar-refractivity contribution in [2.45, 2.75) is 25.3 Å². The van der Waals surface area contributed by atoms with Gasteiger partial charge in [-0.15, -0.1) is 0 Å². The minimum atomic E-state index is -0.0752. The topological polar surface area (TPSA) is 65.1 Å². The molecule has 0 saturated carbocycles. The van der Waals surface area contributed by atoms with Crippen LogP contribution in [0.2, 0.25) is 0 Å². The van der Waals surface area contributed by atoms with Crippen LogP contribution in [-0.2, 0) is 4.79 Å². The zero-order valence-electron chi connectivity index (χ0n) is 17.8. The number of ether oxygens (including phenoxy) is 1. The van der Waals surface area contributed by atoms with Gasteiger partial charge in [0.05, 0.1) is 18.5 Å². The lowest BCUT2D eigenvalue weighted by molar-refractivity contribution is -0.118. The summed E-state index contributed by atoms with van der Waals surface area (Å²) in [4.78, 5) is 32.0. The quantitative estimate of drug-likeness (QED) is 0.827. The van der Waals surface area contributed by atoms with E-state index in [0.717, 1.165) is 61.7 Å². The molecule has 1 atom stereocenters. The van der Waals surface area contributed by atoms with Gasteiger partial charge in [-0.3, -0.25) is 9.59 Å². The number of anilines is 3. The van der Waals surface area contributed by atoms with Gasteiger partial charge in [0.2, 0.25) is 5.91 Å². The van der Waals surface area contributed by atoms with Crippen LogP contribution in [0.1, 0.15) is 29.6 Å². The first-order valence-electron chi connectivity index (χ1n) is 11.0. The molecule has 1 unspecified atom stereocenters. The van der Waals surface area contributed by atoms with Crippen LogP contribution in [0, 0.1) is 0 Å². The highest BCUT2D eigenvalue weighted by Crippen LogP contribution is 2.36. The summed E-state index contributed by atoms with van der Waals surface area (Å²) in [6, 6.07) is 13.7. The van der Waals surface area contributed by atoms with Gasteiger partial charge in [-0.05, 0) is 61.7 Å². The zero-order chi connectivity index (χ0) is 21.4. The lowest BCUT2D eigenvalue weighted by Crippen LogP contribution is -2.50. The summed E-state index contributed by atoms with van der Waals surface area (Å²) >= 11 is 0. The van der Waals surface area contributed by atoms with Gasteiger partial charge in [0, 0.05) is 44.0 Å². The first-order valence-corrected chi connectivity index (χ1v) is 11.0. The van der Waals surface area contributed by atoms with E-state index in [1.165, 1.54) is 0 Å². The number of amides is 2. The summed E-state index contributed by atoms with van der Waals surface area (Å²) in [6.07, 6.45) is 3.08. The van der Waals surface area contributed by atoms with Gasteiger partial charge in [0.15, 0.2) is 0 Å². The molecule has 3 heterocycles. The van der Waals surface area contributed by atoms with E-state index in [-0.39, 0.29) is 17.9 Å². The molecule has 0 spiro atoms. The van der Waals surface area contributed by atoms with Gasteiger partial charge >= 0.3 is 0 Å². The molecule has 31 heavy (non-hydrogen) atoms. The predicted octanol–water partition coefficient (Wildman–Crippen LogP) is 2.97. The van der Waals surface area contributed by atoms with Crippen molar-refractivity contribution in [1.82, 2.24) is 4.90 Å². The lowest BCUT2D eigenvalue weighted by Gasteiger charge is -2.41. The van der Waals surface area contributed by atoms with Gasteiger partial charge < -0.3 is 24.8 Å². The minimum Gasteiger partial charge on any atom is -0.497 e. The molecule has 162 valence electrons. The van der Waals surface area contributed by atoms with Crippen LogP contribution in [0.4, 0.5) is 17.1 Å². The molecular formula is C24H28N4O3. The van der Waals surface area contributed by atoms with Crippen molar-refractivity contribution in [3.05, 3.63) is 48.0 Å². The first kappa shape index (κ1) is 19.7. The second-order valence-electron chi connectivity index (χ2n) is 8.40. The van der Waals surface area contributed by atoms with Crippen molar-refractivity contribution < 1.29 is 14.3 Å². The average molecular weight is 421 g/mol. The Labute approximate surface area is 182 Å². The van der Waals surface area contributed by atoms with Gasteiger partial charge in [-0.25, -0.2) is 0 Å². The molecule has 7 heteroatoms. The fourth-order valence-electron chi connectivity index (χ4n) is 4.87. The molecule has 3 aliphatic heterocycles. The Kier molecular flexibility index (Phi) is 5.18. The summed E-state index contributed by atoms with van der Waals surface area (Å²) in [5, 5.41) is 3.03. The Morgan fingerprint density at radius 3 is 2.52 bits per heavy atom. The standard InChI is InChI=1S/C24H28N4O3/c1-31-19-8-6-18(7-9-19)26-12-14-27(15-13-26)24(30)17-5-10-21-20(16-17)25-23(29)22-4-2-3-11-28(21)22/h5-10,16,22H,2-4,11-15H2,1H3,(H,25,29). The summed E-state index contributed by atoms with van der Waals surface area (Å²) in [5.41, 5.74) is 3.56. The maximum Gasteiger partial charge on any atom is 0.254 e. The maximum absolute atomic E-state index is 13.1. The zero-order valence-corrected chi connectivity index (χ0v) is 17.8. The van der Waals surface area contributed by atoms with Crippen molar-refractivity contribution in [3.63, 3.8) is 0 Å². The molecule has 0 aromatic heterocycles. The third-order valence-electron chi connectivity index (χ3n) is 6.62. The Hall–Kier alpha value is -3.22. The van der Waals surface area contributed by atoms with E-state index in [2.05, 4.69) is 27.2 Å². The molecule has 2 saturated heterocycles. The molecule has 0 bridgehead atoms. The smallest absolute Gasteiger partial charge is 0.254 e. The van der Waals surface area contributed by atoms with Crippen LogP contribution in [0.5, 0.6) is 5.75 Å². The molecule has 5 rings (SSSR count). The number of carbonyl (C=O) groups excluding carboxylic acids is 2. The fraction of sp³-hybridized carbons (Fsp3) is 0.417. The van der Waals surface area contributed by atoms with Gasteiger partial charge in [0.25, 0.3) is 5.91 Å². The number of rotatable bonds is 3. The number of fused-ring (bicyclic) bond motifs is 3. The Morgan fingerprint density at radius 1 is 1.00 bits per heavy atom. The molecular weight excluding hydrogens is 392 g/mol. The van der Waals surface area contributed by atoms with Crippen molar-refractivity contribution in [3.8, 4) is 5.75 Å². The van der Waals surface area contributed by atoms with E-state index in [1.54, 1.807) is 7.11 Å². The molecule has 0 radical (unpaired) electrons. The number of piperidine rings is 1. The van der Waals surface area contributed by atoms with E-state index >= 15 is 0 Å². The van der Waals surface area contributed by atoms with Crippen molar-refractivity contribution in [2.75, 3.05) is 55.0 Å². The number of benzene rings is 2. The van der Waals surface area contributed by atoms with Gasteiger partial charge in [-0.1, -0.05) is 0 Å². The van der Waals surface area contributed by atoms with Crippen LogP contribution < -0.4 is 19.9 Å². The molecule has 2 aromatic rings. The average Bonchev–Trinajstić information content (AvgIpc) is 2.83. The third kappa shape index (κ3) is 3.69. The van der Waals surface area contributed by atoms with E-state index in [4.69, 9.17) is 4.74 Å². The lowest BCUT2D eigenvalue weighted by atomic mass is 9.96. The second-order valence-corrected chi connectivity index (χ2v) is 8.40. The van der Waals surface area contributed by atoms with Crippen molar-refractivity contribution in [1.29, 1.82) is 0 Å².